The van der Waals surface area contributed by atoms with Gasteiger partial charge in [-0.25, -0.2) is 0 Å². The van der Waals surface area contributed by atoms with Crippen molar-refractivity contribution in [1.82, 2.24) is 4.98 Å². The molecular weight excluding hydrogens is 315 g/mol. The zero-order valence-corrected chi connectivity index (χ0v) is 13.0. The van der Waals surface area contributed by atoms with Crippen molar-refractivity contribution in [3.63, 3.8) is 0 Å². The van der Waals surface area contributed by atoms with Gasteiger partial charge in [-0.2, -0.15) is 13.2 Å². The predicted octanol–water partition coefficient (Wildman–Crippen LogP) is 4.54. The van der Waals surface area contributed by atoms with Crippen molar-refractivity contribution in [3.8, 4) is 0 Å². The highest BCUT2D eigenvalue weighted by Gasteiger charge is 2.55. The summed E-state index contributed by atoms with van der Waals surface area (Å²) >= 11 is 0. The van der Waals surface area contributed by atoms with Gasteiger partial charge in [-0.05, 0) is 30.7 Å². The number of rotatable bonds is 3. The van der Waals surface area contributed by atoms with E-state index in [1.54, 1.807) is 18.2 Å². The molecule has 0 spiro atoms. The second-order valence-electron chi connectivity index (χ2n) is 5.90. The lowest BCUT2D eigenvalue weighted by molar-refractivity contribution is -0.266. The number of pyridine rings is 1. The molecule has 3 aromatic rings. The van der Waals surface area contributed by atoms with Gasteiger partial charge in [0.25, 0.3) is 0 Å². The fourth-order valence-corrected chi connectivity index (χ4v) is 2.73. The average Bonchev–Trinajstić information content (AvgIpc) is 2.54. The molecule has 0 fully saturated rings. The van der Waals surface area contributed by atoms with Crippen LogP contribution in [-0.2, 0) is 12.0 Å². The molecule has 0 radical (unpaired) electrons. The molecule has 5 heteroatoms. The number of benzene rings is 2. The van der Waals surface area contributed by atoms with Crippen LogP contribution in [-0.4, -0.2) is 16.3 Å². The largest absolute Gasteiger partial charge is 0.421 e. The summed E-state index contributed by atoms with van der Waals surface area (Å²) in [6.45, 7) is 1.94. The van der Waals surface area contributed by atoms with Gasteiger partial charge in [0.05, 0.1) is 5.52 Å². The van der Waals surface area contributed by atoms with Gasteiger partial charge in [0, 0.05) is 17.5 Å². The first-order valence-electron chi connectivity index (χ1n) is 7.50. The Kier molecular flexibility index (Phi) is 4.05. The maximum absolute atomic E-state index is 13.6. The molecule has 0 saturated carbocycles. The maximum Gasteiger partial charge on any atom is 0.421 e. The van der Waals surface area contributed by atoms with Crippen molar-refractivity contribution >= 4 is 10.9 Å². The molecule has 0 saturated heterocycles. The predicted molar refractivity (Wildman–Crippen MR) is 86.6 cm³/mol. The summed E-state index contributed by atoms with van der Waals surface area (Å²) < 4.78 is 40.7. The number of nitrogens with zero attached hydrogens (tertiary/aromatic N) is 1. The lowest BCUT2D eigenvalue weighted by Crippen LogP contribution is -2.44. The smallest absolute Gasteiger partial charge is 0.376 e. The summed E-state index contributed by atoms with van der Waals surface area (Å²) in [5.74, 6) is 0. The second kappa shape index (κ2) is 5.91. The summed E-state index contributed by atoms with van der Waals surface area (Å²) in [5.41, 5.74) is -1.32. The van der Waals surface area contributed by atoms with E-state index in [9.17, 15) is 18.3 Å². The number of hydrogen-bond acceptors (Lipinski definition) is 2. The number of alkyl halides is 3. The number of aromatic nitrogens is 1. The molecule has 24 heavy (non-hydrogen) atoms. The minimum absolute atomic E-state index is 0.190. The van der Waals surface area contributed by atoms with Crippen LogP contribution >= 0.6 is 0 Å². The van der Waals surface area contributed by atoms with Gasteiger partial charge >= 0.3 is 6.18 Å². The molecular formula is C19H16F3NO. The van der Waals surface area contributed by atoms with E-state index in [-0.39, 0.29) is 11.3 Å². The molecule has 0 aliphatic heterocycles. The lowest BCUT2D eigenvalue weighted by atomic mass is 9.88. The third kappa shape index (κ3) is 2.99. The molecule has 2 nitrogen and oxygen atoms in total. The lowest BCUT2D eigenvalue weighted by Gasteiger charge is -2.30. The normalized spacial score (nSPS) is 14.5. The van der Waals surface area contributed by atoms with E-state index in [2.05, 4.69) is 4.98 Å². The van der Waals surface area contributed by atoms with E-state index in [4.69, 9.17) is 0 Å². The quantitative estimate of drug-likeness (QED) is 0.764. The highest BCUT2D eigenvalue weighted by Crippen LogP contribution is 2.41. The summed E-state index contributed by atoms with van der Waals surface area (Å²) in [6.07, 6.45) is -5.44. The van der Waals surface area contributed by atoms with Crippen LogP contribution < -0.4 is 0 Å². The molecule has 0 aliphatic rings. The SMILES string of the molecule is Cc1ccc2nc(CC(O)(c3ccccc3)C(F)(F)F)ccc2c1. The second-order valence-corrected chi connectivity index (χ2v) is 5.90. The summed E-state index contributed by atoms with van der Waals surface area (Å²) in [7, 11) is 0. The van der Waals surface area contributed by atoms with Gasteiger partial charge < -0.3 is 5.11 Å². The van der Waals surface area contributed by atoms with E-state index in [1.807, 2.05) is 19.1 Å². The Morgan fingerprint density at radius 2 is 1.67 bits per heavy atom. The minimum Gasteiger partial charge on any atom is -0.376 e. The Bertz CT molecular complexity index is 861. The van der Waals surface area contributed by atoms with Crippen LogP contribution in [0, 0.1) is 6.92 Å². The van der Waals surface area contributed by atoms with Gasteiger partial charge in [0.15, 0.2) is 5.60 Å². The summed E-state index contributed by atoms with van der Waals surface area (Å²) in [6, 6.07) is 15.9. The molecule has 0 amide bonds. The van der Waals surface area contributed by atoms with E-state index < -0.39 is 18.2 Å². The molecule has 0 bridgehead atoms. The zero-order valence-electron chi connectivity index (χ0n) is 13.0. The van der Waals surface area contributed by atoms with Crippen molar-refractivity contribution in [3.05, 3.63) is 77.5 Å². The highest BCUT2D eigenvalue weighted by molar-refractivity contribution is 5.79. The van der Waals surface area contributed by atoms with Crippen LogP contribution in [0.2, 0.25) is 0 Å². The van der Waals surface area contributed by atoms with Gasteiger partial charge in [0.2, 0.25) is 0 Å². The monoisotopic (exact) mass is 331 g/mol. The first-order chi connectivity index (χ1) is 11.3. The number of aryl methyl sites for hydroxylation is 1. The molecule has 3 rings (SSSR count). The fourth-order valence-electron chi connectivity index (χ4n) is 2.73. The number of fused-ring (bicyclic) bond motifs is 1. The highest BCUT2D eigenvalue weighted by atomic mass is 19.4. The standard InChI is InChI=1S/C19H16F3NO/c1-13-7-10-17-14(11-13)8-9-16(23-17)12-18(24,19(20,21)22)15-5-3-2-4-6-15/h2-11,24H,12H2,1H3. The molecule has 1 aromatic heterocycles. The first-order valence-corrected chi connectivity index (χ1v) is 7.50. The van der Waals surface area contributed by atoms with E-state index in [0.717, 1.165) is 10.9 Å². The van der Waals surface area contributed by atoms with Crippen molar-refractivity contribution in [1.29, 1.82) is 0 Å². The van der Waals surface area contributed by atoms with Gasteiger partial charge in [0.1, 0.15) is 0 Å². The van der Waals surface area contributed by atoms with E-state index in [1.165, 1.54) is 30.3 Å². The van der Waals surface area contributed by atoms with E-state index >= 15 is 0 Å². The molecule has 1 atom stereocenters. The average molecular weight is 331 g/mol. The summed E-state index contributed by atoms with van der Waals surface area (Å²) in [5, 5.41) is 11.3. The van der Waals surface area contributed by atoms with Gasteiger partial charge in [-0.1, -0.05) is 48.0 Å². The van der Waals surface area contributed by atoms with Crippen LogP contribution in [0.1, 0.15) is 16.8 Å². The fraction of sp³-hybridized carbons (Fsp3) is 0.211. The molecule has 1 unspecified atom stereocenters. The Morgan fingerprint density at radius 1 is 0.958 bits per heavy atom. The van der Waals surface area contributed by atoms with Crippen LogP contribution in [0.5, 0.6) is 0 Å². The maximum atomic E-state index is 13.6. The summed E-state index contributed by atoms with van der Waals surface area (Å²) in [4.78, 5) is 4.28. The third-order valence-corrected chi connectivity index (χ3v) is 4.06. The van der Waals surface area contributed by atoms with Gasteiger partial charge in [-0.3, -0.25) is 4.98 Å². The number of halogens is 3. The van der Waals surface area contributed by atoms with Crippen molar-refractivity contribution < 1.29 is 18.3 Å². The van der Waals surface area contributed by atoms with Crippen molar-refractivity contribution in [2.24, 2.45) is 0 Å². The topological polar surface area (TPSA) is 33.1 Å². The number of hydrogen-bond donors (Lipinski definition) is 1. The Morgan fingerprint density at radius 3 is 2.33 bits per heavy atom. The molecule has 2 aromatic carbocycles. The Hall–Kier alpha value is -2.40. The Labute approximate surface area is 137 Å². The third-order valence-electron chi connectivity index (χ3n) is 4.06. The van der Waals surface area contributed by atoms with Crippen molar-refractivity contribution in [2.75, 3.05) is 0 Å². The van der Waals surface area contributed by atoms with Crippen LogP contribution in [0.3, 0.4) is 0 Å². The molecule has 1 N–H and O–H groups in total. The number of aliphatic hydroxyl groups is 1. The molecule has 0 aliphatic carbocycles. The molecule has 1 heterocycles. The first kappa shape index (κ1) is 16.5. The van der Waals surface area contributed by atoms with Crippen LogP contribution in [0.15, 0.2) is 60.7 Å². The van der Waals surface area contributed by atoms with Gasteiger partial charge in [-0.15, -0.1) is 0 Å². The Balaban J connectivity index is 2.04. The molecule has 124 valence electrons. The van der Waals surface area contributed by atoms with E-state index in [0.29, 0.717) is 5.52 Å². The van der Waals surface area contributed by atoms with Crippen LogP contribution in [0.25, 0.3) is 10.9 Å². The zero-order chi connectivity index (χ0) is 17.4. The van der Waals surface area contributed by atoms with Crippen molar-refractivity contribution in [2.45, 2.75) is 25.1 Å². The minimum atomic E-state index is -4.81. The van der Waals surface area contributed by atoms with Crippen LogP contribution in [0.4, 0.5) is 13.2 Å².